The highest BCUT2D eigenvalue weighted by molar-refractivity contribution is 5.90. The smallest absolute Gasteiger partial charge is 0.258 e. The highest BCUT2D eigenvalue weighted by Crippen LogP contribution is 2.20. The van der Waals surface area contributed by atoms with Crippen molar-refractivity contribution in [1.29, 1.82) is 0 Å². The predicted molar refractivity (Wildman–Crippen MR) is 80.9 cm³/mol. The second-order valence-corrected chi connectivity index (χ2v) is 5.34. The van der Waals surface area contributed by atoms with Crippen LogP contribution in [0.4, 0.5) is 0 Å². The standard InChI is InChI=1S/C16H18N2O3/c1-16(2,15(17)20)18-14(19)10-21-13-8-7-11-5-3-4-6-12(11)9-13/h3-9H,10H2,1-2H3,(H2,17,20)(H,18,19). The molecule has 2 rings (SSSR count). The normalized spacial score (nSPS) is 11.1. The molecule has 0 saturated heterocycles. The summed E-state index contributed by atoms with van der Waals surface area (Å²) in [6.07, 6.45) is 0. The van der Waals surface area contributed by atoms with E-state index in [1.807, 2.05) is 36.4 Å². The van der Waals surface area contributed by atoms with Crippen LogP contribution in [0.3, 0.4) is 0 Å². The molecule has 110 valence electrons. The fraction of sp³-hybridized carbons (Fsp3) is 0.250. The second-order valence-electron chi connectivity index (χ2n) is 5.34. The van der Waals surface area contributed by atoms with Gasteiger partial charge in [0.15, 0.2) is 6.61 Å². The van der Waals surface area contributed by atoms with Gasteiger partial charge in [0.05, 0.1) is 0 Å². The van der Waals surface area contributed by atoms with E-state index >= 15 is 0 Å². The molecule has 5 heteroatoms. The first-order valence-electron chi connectivity index (χ1n) is 6.61. The molecule has 5 nitrogen and oxygen atoms in total. The Morgan fingerprint density at radius 2 is 1.81 bits per heavy atom. The van der Waals surface area contributed by atoms with Gasteiger partial charge < -0.3 is 15.8 Å². The van der Waals surface area contributed by atoms with Gasteiger partial charge in [0.1, 0.15) is 11.3 Å². The molecule has 2 aromatic carbocycles. The summed E-state index contributed by atoms with van der Waals surface area (Å²) in [6.45, 7) is 2.92. The highest BCUT2D eigenvalue weighted by Gasteiger charge is 2.26. The third kappa shape index (κ3) is 3.72. The Hall–Kier alpha value is -2.56. The number of rotatable bonds is 5. The summed E-state index contributed by atoms with van der Waals surface area (Å²) in [5.41, 5.74) is 4.10. The first kappa shape index (κ1) is 14.8. The van der Waals surface area contributed by atoms with Crippen LogP contribution in [0.1, 0.15) is 13.8 Å². The minimum atomic E-state index is -1.09. The third-order valence-corrected chi connectivity index (χ3v) is 3.16. The van der Waals surface area contributed by atoms with Gasteiger partial charge in [-0.15, -0.1) is 0 Å². The first-order chi connectivity index (χ1) is 9.88. The van der Waals surface area contributed by atoms with Gasteiger partial charge in [-0.05, 0) is 36.8 Å². The molecular weight excluding hydrogens is 268 g/mol. The summed E-state index contributed by atoms with van der Waals surface area (Å²) in [6, 6.07) is 13.5. The lowest BCUT2D eigenvalue weighted by atomic mass is 10.1. The van der Waals surface area contributed by atoms with Crippen molar-refractivity contribution < 1.29 is 14.3 Å². The van der Waals surface area contributed by atoms with Crippen LogP contribution in [0.2, 0.25) is 0 Å². The van der Waals surface area contributed by atoms with Crippen LogP contribution >= 0.6 is 0 Å². The molecule has 0 aliphatic carbocycles. The number of nitrogens with two attached hydrogens (primary N) is 1. The Kier molecular flexibility index (Phi) is 4.12. The second kappa shape index (κ2) is 5.83. The van der Waals surface area contributed by atoms with E-state index in [4.69, 9.17) is 10.5 Å². The minimum absolute atomic E-state index is 0.172. The summed E-state index contributed by atoms with van der Waals surface area (Å²) < 4.78 is 5.44. The van der Waals surface area contributed by atoms with Crippen molar-refractivity contribution in [3.63, 3.8) is 0 Å². The Bertz CT molecular complexity index is 680. The number of ether oxygens (including phenoxy) is 1. The van der Waals surface area contributed by atoms with Gasteiger partial charge >= 0.3 is 0 Å². The van der Waals surface area contributed by atoms with Gasteiger partial charge in [-0.1, -0.05) is 30.3 Å². The Morgan fingerprint density at radius 3 is 2.48 bits per heavy atom. The van der Waals surface area contributed by atoms with E-state index in [1.54, 1.807) is 19.9 Å². The Morgan fingerprint density at radius 1 is 1.14 bits per heavy atom. The molecule has 0 saturated carbocycles. The number of hydrogen-bond donors (Lipinski definition) is 2. The Balaban J connectivity index is 1.98. The molecule has 0 bridgehead atoms. The largest absolute Gasteiger partial charge is 0.484 e. The zero-order valence-electron chi connectivity index (χ0n) is 12.1. The molecule has 21 heavy (non-hydrogen) atoms. The first-order valence-corrected chi connectivity index (χ1v) is 6.61. The molecule has 2 amide bonds. The number of carbonyl (C=O) groups excluding carboxylic acids is 2. The highest BCUT2D eigenvalue weighted by atomic mass is 16.5. The van der Waals surface area contributed by atoms with Crippen LogP contribution in [-0.2, 0) is 9.59 Å². The number of benzene rings is 2. The summed E-state index contributed by atoms with van der Waals surface area (Å²) in [5, 5.41) is 4.66. The van der Waals surface area contributed by atoms with Gasteiger partial charge in [0.25, 0.3) is 5.91 Å². The SMILES string of the molecule is CC(C)(NC(=O)COc1ccc2ccccc2c1)C(N)=O. The number of carbonyl (C=O) groups is 2. The monoisotopic (exact) mass is 286 g/mol. The van der Waals surface area contributed by atoms with Crippen molar-refractivity contribution in [2.45, 2.75) is 19.4 Å². The van der Waals surface area contributed by atoms with Crippen LogP contribution < -0.4 is 15.8 Å². The molecule has 0 aliphatic rings. The maximum Gasteiger partial charge on any atom is 0.258 e. The average Bonchev–Trinajstić information content (AvgIpc) is 2.44. The maximum atomic E-state index is 11.8. The third-order valence-electron chi connectivity index (χ3n) is 3.16. The Labute approximate surface area is 123 Å². The molecule has 0 aliphatic heterocycles. The van der Waals surface area contributed by atoms with Gasteiger partial charge in [0, 0.05) is 0 Å². The molecule has 0 fully saturated rings. The van der Waals surface area contributed by atoms with Crippen LogP contribution in [0.25, 0.3) is 10.8 Å². The van der Waals surface area contributed by atoms with E-state index in [1.165, 1.54) is 0 Å². The summed E-state index contributed by atoms with van der Waals surface area (Å²) in [4.78, 5) is 22.9. The number of hydrogen-bond acceptors (Lipinski definition) is 3. The van der Waals surface area contributed by atoms with Crippen molar-refractivity contribution >= 4 is 22.6 Å². The quantitative estimate of drug-likeness (QED) is 0.876. The van der Waals surface area contributed by atoms with Crippen LogP contribution in [0, 0.1) is 0 Å². The number of nitrogens with one attached hydrogen (secondary N) is 1. The van der Waals surface area contributed by atoms with Crippen molar-refractivity contribution in [3.8, 4) is 5.75 Å². The fourth-order valence-corrected chi connectivity index (χ4v) is 1.85. The van der Waals surface area contributed by atoms with E-state index < -0.39 is 17.4 Å². The molecule has 0 aromatic heterocycles. The van der Waals surface area contributed by atoms with E-state index in [0.29, 0.717) is 5.75 Å². The summed E-state index contributed by atoms with van der Waals surface area (Å²) in [7, 11) is 0. The molecule has 0 heterocycles. The molecule has 2 aromatic rings. The fourth-order valence-electron chi connectivity index (χ4n) is 1.85. The topological polar surface area (TPSA) is 81.4 Å². The molecule has 0 radical (unpaired) electrons. The molecule has 0 atom stereocenters. The zero-order valence-corrected chi connectivity index (χ0v) is 12.1. The van der Waals surface area contributed by atoms with Crippen molar-refractivity contribution in [2.24, 2.45) is 5.73 Å². The lowest BCUT2D eigenvalue weighted by Gasteiger charge is -2.22. The lowest BCUT2D eigenvalue weighted by molar-refractivity contribution is -0.131. The van der Waals surface area contributed by atoms with Crippen LogP contribution in [0.5, 0.6) is 5.75 Å². The average molecular weight is 286 g/mol. The molecule has 3 N–H and O–H groups in total. The number of amides is 2. The summed E-state index contributed by atoms with van der Waals surface area (Å²) in [5.74, 6) is -0.394. The van der Waals surface area contributed by atoms with Gasteiger partial charge in [-0.2, -0.15) is 0 Å². The minimum Gasteiger partial charge on any atom is -0.484 e. The maximum absolute atomic E-state index is 11.8. The lowest BCUT2D eigenvalue weighted by Crippen LogP contribution is -2.54. The molecular formula is C16H18N2O3. The van der Waals surface area contributed by atoms with Crippen molar-refractivity contribution in [1.82, 2.24) is 5.32 Å². The number of fused-ring (bicyclic) bond motifs is 1. The van der Waals surface area contributed by atoms with Crippen molar-refractivity contribution in [3.05, 3.63) is 42.5 Å². The van der Waals surface area contributed by atoms with Crippen LogP contribution in [0.15, 0.2) is 42.5 Å². The number of primary amides is 1. The van der Waals surface area contributed by atoms with E-state index in [0.717, 1.165) is 10.8 Å². The van der Waals surface area contributed by atoms with Crippen LogP contribution in [-0.4, -0.2) is 24.0 Å². The van der Waals surface area contributed by atoms with E-state index in [-0.39, 0.29) is 6.61 Å². The predicted octanol–water partition coefficient (Wildman–Crippen LogP) is 1.60. The summed E-state index contributed by atoms with van der Waals surface area (Å²) >= 11 is 0. The van der Waals surface area contributed by atoms with E-state index in [2.05, 4.69) is 5.32 Å². The van der Waals surface area contributed by atoms with Gasteiger partial charge in [0.2, 0.25) is 5.91 Å². The van der Waals surface area contributed by atoms with E-state index in [9.17, 15) is 9.59 Å². The van der Waals surface area contributed by atoms with Gasteiger partial charge in [-0.25, -0.2) is 0 Å². The molecule has 0 unspecified atom stereocenters. The zero-order chi connectivity index (χ0) is 15.5. The van der Waals surface area contributed by atoms with Gasteiger partial charge in [-0.3, -0.25) is 9.59 Å². The van der Waals surface area contributed by atoms with Crippen molar-refractivity contribution in [2.75, 3.05) is 6.61 Å². The molecule has 0 spiro atoms.